The van der Waals surface area contributed by atoms with Gasteiger partial charge in [-0.05, 0) is 12.1 Å². The van der Waals surface area contributed by atoms with Crippen molar-refractivity contribution in [1.82, 2.24) is 5.32 Å². The molecule has 0 bridgehead atoms. The van der Waals surface area contributed by atoms with Crippen LogP contribution >= 0.6 is 22.3 Å². The van der Waals surface area contributed by atoms with Gasteiger partial charge in [0, 0.05) is 17.7 Å². The van der Waals surface area contributed by atoms with Gasteiger partial charge in [-0.15, -0.1) is 0 Å². The summed E-state index contributed by atoms with van der Waals surface area (Å²) in [6, 6.07) is 1.56. The Labute approximate surface area is 101 Å². The molecule has 1 amide bonds. The first-order chi connectivity index (χ1) is 7.27. The Kier molecular flexibility index (Phi) is 3.77. The Balaban J connectivity index is 3.51. The first-order valence-corrected chi connectivity index (χ1v) is 6.62. The second kappa shape index (κ2) is 4.57. The predicted molar refractivity (Wildman–Crippen MR) is 57.8 cm³/mol. The molecule has 1 aromatic carbocycles. The van der Waals surface area contributed by atoms with Crippen LogP contribution in [0.1, 0.15) is 10.4 Å². The van der Waals surface area contributed by atoms with E-state index in [-0.39, 0.29) is 5.56 Å². The lowest BCUT2D eigenvalue weighted by molar-refractivity contribution is 0.0962. The largest absolute Gasteiger partial charge is 0.355 e. The number of carbonyl (C=O) groups is 1. The van der Waals surface area contributed by atoms with Crippen LogP contribution in [-0.2, 0) is 9.05 Å². The van der Waals surface area contributed by atoms with E-state index in [1.54, 1.807) is 0 Å². The molecule has 88 valence electrons. The Bertz CT molecular complexity index is 544. The minimum absolute atomic E-state index is 0.289. The van der Waals surface area contributed by atoms with Crippen molar-refractivity contribution in [3.05, 3.63) is 28.5 Å². The lowest BCUT2D eigenvalue weighted by atomic mass is 10.2. The average Bonchev–Trinajstić information content (AvgIpc) is 2.19. The Morgan fingerprint density at radius 3 is 2.44 bits per heavy atom. The number of hydrogen-bond donors (Lipinski definition) is 1. The van der Waals surface area contributed by atoms with Crippen molar-refractivity contribution in [2.24, 2.45) is 0 Å². The molecule has 4 nitrogen and oxygen atoms in total. The summed E-state index contributed by atoms with van der Waals surface area (Å²) < 4.78 is 35.2. The van der Waals surface area contributed by atoms with Crippen LogP contribution < -0.4 is 5.32 Å². The summed E-state index contributed by atoms with van der Waals surface area (Å²) >= 11 is 5.52. The van der Waals surface area contributed by atoms with Crippen molar-refractivity contribution in [2.45, 2.75) is 4.90 Å². The van der Waals surface area contributed by atoms with Gasteiger partial charge in [0.1, 0.15) is 5.82 Å². The Morgan fingerprint density at radius 1 is 1.44 bits per heavy atom. The van der Waals surface area contributed by atoms with Crippen LogP contribution in [0.2, 0.25) is 5.02 Å². The van der Waals surface area contributed by atoms with Gasteiger partial charge in [0.2, 0.25) is 0 Å². The van der Waals surface area contributed by atoms with Crippen molar-refractivity contribution in [1.29, 1.82) is 0 Å². The molecule has 0 aliphatic heterocycles. The number of halogens is 3. The van der Waals surface area contributed by atoms with Crippen molar-refractivity contribution in [3.8, 4) is 0 Å². The van der Waals surface area contributed by atoms with E-state index in [0.29, 0.717) is 6.07 Å². The summed E-state index contributed by atoms with van der Waals surface area (Å²) in [6.45, 7) is 0. The first-order valence-electron chi connectivity index (χ1n) is 3.93. The maximum atomic E-state index is 13.2. The van der Waals surface area contributed by atoms with Crippen LogP contribution in [-0.4, -0.2) is 21.4 Å². The monoisotopic (exact) mass is 285 g/mol. The third-order valence-corrected chi connectivity index (χ3v) is 3.47. The van der Waals surface area contributed by atoms with Crippen LogP contribution in [0.5, 0.6) is 0 Å². The minimum atomic E-state index is -4.11. The summed E-state index contributed by atoms with van der Waals surface area (Å²) in [4.78, 5) is 10.7. The molecule has 0 atom stereocenters. The Hall–Kier alpha value is -0.850. The number of rotatable bonds is 2. The molecule has 0 aromatic heterocycles. The number of benzene rings is 1. The molecule has 0 heterocycles. The van der Waals surface area contributed by atoms with E-state index in [4.69, 9.17) is 22.3 Å². The standard InChI is InChI=1S/C8H6Cl2FNO3S/c1-12-8(13)5-2-4(16(10,14)15)3-6(11)7(5)9/h2-3H,1H3,(H,12,13). The zero-order chi connectivity index (χ0) is 12.5. The van der Waals surface area contributed by atoms with Gasteiger partial charge < -0.3 is 5.32 Å². The lowest BCUT2D eigenvalue weighted by Crippen LogP contribution is -2.19. The molecule has 0 aliphatic carbocycles. The number of nitrogens with one attached hydrogen (secondary N) is 1. The highest BCUT2D eigenvalue weighted by Crippen LogP contribution is 2.26. The van der Waals surface area contributed by atoms with Crippen molar-refractivity contribution < 1.29 is 17.6 Å². The summed E-state index contributed by atoms with van der Waals surface area (Å²) in [6.07, 6.45) is 0. The van der Waals surface area contributed by atoms with Gasteiger partial charge in [-0.2, -0.15) is 0 Å². The summed E-state index contributed by atoms with van der Waals surface area (Å²) in [7, 11) is 2.22. The van der Waals surface area contributed by atoms with Crippen LogP contribution in [0.3, 0.4) is 0 Å². The van der Waals surface area contributed by atoms with Crippen LogP contribution in [0.15, 0.2) is 17.0 Å². The second-order valence-corrected chi connectivity index (χ2v) is 5.73. The molecule has 0 aliphatic rings. The van der Waals surface area contributed by atoms with Crippen LogP contribution in [0.4, 0.5) is 4.39 Å². The molecule has 1 rings (SSSR count). The molecule has 1 N–H and O–H groups in total. The highest BCUT2D eigenvalue weighted by atomic mass is 35.7. The van der Waals surface area contributed by atoms with E-state index < -0.39 is 30.7 Å². The van der Waals surface area contributed by atoms with Gasteiger partial charge in [0.15, 0.2) is 0 Å². The van der Waals surface area contributed by atoms with Gasteiger partial charge in [0.05, 0.1) is 15.5 Å². The zero-order valence-electron chi connectivity index (χ0n) is 7.92. The highest BCUT2D eigenvalue weighted by Gasteiger charge is 2.19. The molecular weight excluding hydrogens is 280 g/mol. The van der Waals surface area contributed by atoms with Crippen molar-refractivity contribution >= 4 is 37.2 Å². The number of hydrogen-bond acceptors (Lipinski definition) is 3. The van der Waals surface area contributed by atoms with Gasteiger partial charge in [-0.1, -0.05) is 11.6 Å². The van der Waals surface area contributed by atoms with Crippen molar-refractivity contribution in [3.63, 3.8) is 0 Å². The van der Waals surface area contributed by atoms with Gasteiger partial charge >= 0.3 is 0 Å². The molecule has 0 spiro atoms. The molecular formula is C8H6Cl2FNO3S. The third kappa shape index (κ3) is 2.63. The van der Waals surface area contributed by atoms with E-state index in [1.165, 1.54) is 7.05 Å². The van der Waals surface area contributed by atoms with Gasteiger partial charge in [-0.3, -0.25) is 4.79 Å². The normalized spacial score (nSPS) is 11.2. The summed E-state index contributed by atoms with van der Waals surface area (Å²) in [5, 5.41) is 1.74. The van der Waals surface area contributed by atoms with Crippen LogP contribution in [0, 0.1) is 5.82 Å². The fourth-order valence-electron chi connectivity index (χ4n) is 1.00. The van der Waals surface area contributed by atoms with E-state index in [0.717, 1.165) is 6.07 Å². The van der Waals surface area contributed by atoms with E-state index in [9.17, 15) is 17.6 Å². The zero-order valence-corrected chi connectivity index (χ0v) is 10.2. The van der Waals surface area contributed by atoms with Gasteiger partial charge in [-0.25, -0.2) is 12.8 Å². The molecule has 1 aromatic rings. The molecule has 16 heavy (non-hydrogen) atoms. The third-order valence-electron chi connectivity index (χ3n) is 1.75. The average molecular weight is 286 g/mol. The van der Waals surface area contributed by atoms with Crippen LogP contribution in [0.25, 0.3) is 0 Å². The molecule has 0 unspecified atom stereocenters. The van der Waals surface area contributed by atoms with Crippen molar-refractivity contribution in [2.75, 3.05) is 7.05 Å². The maximum Gasteiger partial charge on any atom is 0.261 e. The number of amides is 1. The van der Waals surface area contributed by atoms with Gasteiger partial charge in [0.25, 0.3) is 15.0 Å². The quantitative estimate of drug-likeness (QED) is 0.843. The number of carbonyl (C=O) groups excluding carboxylic acids is 1. The minimum Gasteiger partial charge on any atom is -0.355 e. The smallest absolute Gasteiger partial charge is 0.261 e. The lowest BCUT2D eigenvalue weighted by Gasteiger charge is -2.05. The maximum absolute atomic E-state index is 13.2. The fourth-order valence-corrected chi connectivity index (χ4v) is 1.97. The summed E-state index contributed by atoms with van der Waals surface area (Å²) in [5.74, 6) is -1.73. The molecule has 0 radical (unpaired) electrons. The SMILES string of the molecule is CNC(=O)c1cc(S(=O)(=O)Cl)cc(F)c1Cl. The van der Waals surface area contributed by atoms with E-state index in [1.807, 2.05) is 0 Å². The topological polar surface area (TPSA) is 63.2 Å². The Morgan fingerprint density at radius 2 is 2.00 bits per heavy atom. The first kappa shape index (κ1) is 13.2. The molecule has 0 saturated carbocycles. The van der Waals surface area contributed by atoms with E-state index >= 15 is 0 Å². The van der Waals surface area contributed by atoms with E-state index in [2.05, 4.69) is 5.32 Å². The fraction of sp³-hybridized carbons (Fsp3) is 0.125. The highest BCUT2D eigenvalue weighted by molar-refractivity contribution is 8.13. The second-order valence-electron chi connectivity index (χ2n) is 2.78. The predicted octanol–water partition coefficient (Wildman–Crippen LogP) is 1.77. The molecule has 0 saturated heterocycles. The molecule has 0 fully saturated rings. The molecule has 8 heteroatoms. The summed E-state index contributed by atoms with van der Waals surface area (Å²) in [5.41, 5.74) is -0.289.